The molecule has 0 heteroatoms. The van der Waals surface area contributed by atoms with Crippen LogP contribution in [0.2, 0.25) is 0 Å². The molecule has 4 unspecified atom stereocenters. The molecule has 13 heavy (non-hydrogen) atoms. The Balaban J connectivity index is 2.29. The van der Waals surface area contributed by atoms with Crippen LogP contribution in [0, 0.1) is 28.6 Å². The maximum Gasteiger partial charge on any atom is -0.0283 e. The van der Waals surface area contributed by atoms with Crippen molar-refractivity contribution >= 4 is 0 Å². The van der Waals surface area contributed by atoms with Crippen LogP contribution < -0.4 is 0 Å². The lowest BCUT2D eigenvalue weighted by Crippen LogP contribution is -2.37. The lowest BCUT2D eigenvalue weighted by atomic mass is 9.61. The van der Waals surface area contributed by atoms with Crippen molar-refractivity contribution in [2.45, 2.75) is 53.9 Å². The highest BCUT2D eigenvalue weighted by Crippen LogP contribution is 2.64. The molecule has 2 bridgehead atoms. The van der Waals surface area contributed by atoms with E-state index in [0.717, 1.165) is 17.8 Å². The highest BCUT2D eigenvalue weighted by molar-refractivity contribution is 5.05. The van der Waals surface area contributed by atoms with E-state index in [0.29, 0.717) is 10.8 Å². The summed E-state index contributed by atoms with van der Waals surface area (Å²) in [6.45, 7) is 12.3. The van der Waals surface area contributed by atoms with E-state index in [9.17, 15) is 0 Å². The molecule has 0 aromatic heterocycles. The Kier molecular flexibility index (Phi) is 1.85. The summed E-state index contributed by atoms with van der Waals surface area (Å²) in [5.74, 6) is 2.98. The van der Waals surface area contributed by atoms with E-state index >= 15 is 0 Å². The Hall–Kier alpha value is 0. The summed E-state index contributed by atoms with van der Waals surface area (Å²) >= 11 is 0. The Morgan fingerprint density at radius 3 is 2.15 bits per heavy atom. The largest absolute Gasteiger partial charge is 0.0619 e. The molecule has 0 saturated heterocycles. The predicted octanol–water partition coefficient (Wildman–Crippen LogP) is 4.10. The molecule has 2 rings (SSSR count). The van der Waals surface area contributed by atoms with Crippen molar-refractivity contribution in [2.75, 3.05) is 0 Å². The molecule has 2 fully saturated rings. The molecule has 76 valence electrons. The molecule has 0 aromatic carbocycles. The third kappa shape index (κ3) is 1.25. The van der Waals surface area contributed by atoms with Gasteiger partial charge in [-0.2, -0.15) is 0 Å². The molecule has 0 aliphatic heterocycles. The van der Waals surface area contributed by atoms with Crippen molar-refractivity contribution in [2.24, 2.45) is 28.6 Å². The normalized spacial score (nSPS) is 50.1. The van der Waals surface area contributed by atoms with Crippen molar-refractivity contribution < 1.29 is 0 Å². The van der Waals surface area contributed by atoms with E-state index in [1.165, 1.54) is 19.3 Å². The third-order valence-electron chi connectivity index (χ3n) is 4.77. The minimum absolute atomic E-state index is 0.517. The second-order valence-corrected chi connectivity index (χ2v) is 6.86. The number of fused-ring (bicyclic) bond motifs is 2. The van der Waals surface area contributed by atoms with Crippen LogP contribution in [0.1, 0.15) is 53.9 Å². The van der Waals surface area contributed by atoms with Crippen molar-refractivity contribution in [3.8, 4) is 0 Å². The second kappa shape index (κ2) is 2.52. The quantitative estimate of drug-likeness (QED) is 0.526. The molecule has 0 aromatic rings. The van der Waals surface area contributed by atoms with E-state index in [1.54, 1.807) is 0 Å². The topological polar surface area (TPSA) is 0 Å². The van der Waals surface area contributed by atoms with E-state index in [2.05, 4.69) is 34.6 Å². The fraction of sp³-hybridized carbons (Fsp3) is 1.00. The molecule has 0 N–H and O–H groups in total. The zero-order valence-corrected chi connectivity index (χ0v) is 9.85. The summed E-state index contributed by atoms with van der Waals surface area (Å²) in [5, 5.41) is 0. The van der Waals surface area contributed by atoms with Crippen molar-refractivity contribution in [3.63, 3.8) is 0 Å². The number of rotatable bonds is 0. The predicted molar refractivity (Wildman–Crippen MR) is 57.6 cm³/mol. The summed E-state index contributed by atoms with van der Waals surface area (Å²) in [4.78, 5) is 0. The molecule has 2 aliphatic carbocycles. The Morgan fingerprint density at radius 2 is 1.85 bits per heavy atom. The van der Waals surface area contributed by atoms with Gasteiger partial charge in [0.15, 0.2) is 0 Å². The van der Waals surface area contributed by atoms with Crippen LogP contribution >= 0.6 is 0 Å². The SMILES string of the molecule is CC1C2CCC(C)(C2)C1C(C)(C)C. The van der Waals surface area contributed by atoms with Gasteiger partial charge in [0, 0.05) is 0 Å². The van der Waals surface area contributed by atoms with E-state index in [4.69, 9.17) is 0 Å². The first-order valence-electron chi connectivity index (χ1n) is 5.84. The molecule has 0 nitrogen and oxygen atoms in total. The molecule has 0 heterocycles. The van der Waals surface area contributed by atoms with Crippen molar-refractivity contribution in [1.29, 1.82) is 0 Å². The summed E-state index contributed by atoms with van der Waals surface area (Å²) < 4.78 is 0. The molecule has 0 spiro atoms. The molecule has 4 atom stereocenters. The van der Waals surface area contributed by atoms with Crippen LogP contribution in [0.4, 0.5) is 0 Å². The van der Waals surface area contributed by atoms with Gasteiger partial charge in [0.2, 0.25) is 0 Å². The average molecular weight is 180 g/mol. The van der Waals surface area contributed by atoms with Crippen LogP contribution in [0.3, 0.4) is 0 Å². The summed E-state index contributed by atoms with van der Waals surface area (Å²) in [6, 6.07) is 0. The molecule has 0 radical (unpaired) electrons. The second-order valence-electron chi connectivity index (χ2n) is 6.86. The third-order valence-corrected chi connectivity index (χ3v) is 4.77. The van der Waals surface area contributed by atoms with Crippen molar-refractivity contribution in [3.05, 3.63) is 0 Å². The number of hydrogen-bond acceptors (Lipinski definition) is 0. The Bertz CT molecular complexity index is 211. The lowest BCUT2D eigenvalue weighted by Gasteiger charge is -2.44. The van der Waals surface area contributed by atoms with Gasteiger partial charge in [-0.15, -0.1) is 0 Å². The average Bonchev–Trinajstić information content (AvgIpc) is 2.37. The standard InChI is InChI=1S/C13H24/c1-9-10-6-7-13(5,8-10)11(9)12(2,3)4/h9-11H,6-8H2,1-5H3. The Morgan fingerprint density at radius 1 is 1.23 bits per heavy atom. The van der Waals surface area contributed by atoms with E-state index < -0.39 is 0 Å². The maximum absolute atomic E-state index is 2.53. The first-order valence-corrected chi connectivity index (χ1v) is 5.84. The van der Waals surface area contributed by atoms with Crippen LogP contribution in [-0.2, 0) is 0 Å². The molecular formula is C13H24. The molecule has 0 amide bonds. The van der Waals surface area contributed by atoms with Gasteiger partial charge in [0.1, 0.15) is 0 Å². The van der Waals surface area contributed by atoms with E-state index in [1.807, 2.05) is 0 Å². The van der Waals surface area contributed by atoms with Gasteiger partial charge >= 0.3 is 0 Å². The zero-order chi connectivity index (χ0) is 9.85. The van der Waals surface area contributed by atoms with Crippen LogP contribution in [0.25, 0.3) is 0 Å². The van der Waals surface area contributed by atoms with Gasteiger partial charge in [0.05, 0.1) is 0 Å². The molecule has 2 saturated carbocycles. The zero-order valence-electron chi connectivity index (χ0n) is 9.85. The van der Waals surface area contributed by atoms with E-state index in [-0.39, 0.29) is 0 Å². The van der Waals surface area contributed by atoms with Gasteiger partial charge in [-0.3, -0.25) is 0 Å². The van der Waals surface area contributed by atoms with Gasteiger partial charge in [-0.1, -0.05) is 34.6 Å². The van der Waals surface area contributed by atoms with Gasteiger partial charge in [0.25, 0.3) is 0 Å². The monoisotopic (exact) mass is 180 g/mol. The molecule has 2 aliphatic rings. The highest BCUT2D eigenvalue weighted by Gasteiger charge is 2.56. The van der Waals surface area contributed by atoms with Gasteiger partial charge < -0.3 is 0 Å². The first kappa shape index (κ1) is 9.55. The lowest BCUT2D eigenvalue weighted by molar-refractivity contribution is 0.0475. The summed E-state index contributed by atoms with van der Waals surface area (Å²) in [6.07, 6.45) is 4.50. The molecular weight excluding hydrogens is 156 g/mol. The van der Waals surface area contributed by atoms with Gasteiger partial charge in [-0.05, 0) is 47.8 Å². The first-order chi connectivity index (χ1) is 5.84. The smallest absolute Gasteiger partial charge is 0.0283 e. The van der Waals surface area contributed by atoms with Gasteiger partial charge in [-0.25, -0.2) is 0 Å². The fourth-order valence-electron chi connectivity index (χ4n) is 4.79. The number of hydrogen-bond donors (Lipinski definition) is 0. The van der Waals surface area contributed by atoms with Crippen LogP contribution in [-0.4, -0.2) is 0 Å². The maximum atomic E-state index is 2.53. The summed E-state index contributed by atoms with van der Waals surface area (Å²) in [5.41, 5.74) is 1.20. The van der Waals surface area contributed by atoms with Crippen molar-refractivity contribution in [1.82, 2.24) is 0 Å². The Labute approximate surface area is 83.1 Å². The van der Waals surface area contributed by atoms with Crippen LogP contribution in [0.15, 0.2) is 0 Å². The minimum atomic E-state index is 0.517. The minimum Gasteiger partial charge on any atom is -0.0619 e. The highest BCUT2D eigenvalue weighted by atomic mass is 14.6. The summed E-state index contributed by atoms with van der Waals surface area (Å²) in [7, 11) is 0. The fourth-order valence-corrected chi connectivity index (χ4v) is 4.79. The van der Waals surface area contributed by atoms with Crippen LogP contribution in [0.5, 0.6) is 0 Å².